The average Bonchev–Trinajstić information content (AvgIpc) is 3.02. The van der Waals surface area contributed by atoms with Crippen LogP contribution in [0.2, 0.25) is 5.02 Å². The summed E-state index contributed by atoms with van der Waals surface area (Å²) in [4.78, 5) is 15.8. The van der Waals surface area contributed by atoms with E-state index in [4.69, 9.17) is 22.1 Å². The molecule has 3 aromatic rings. The van der Waals surface area contributed by atoms with Gasteiger partial charge in [-0.05, 0) is 11.6 Å². The standard InChI is InChI=1S/C18H19ClN6O2/c1-25-16(8-17(24-25)27-2)23-15-7-14(13(19)10-22-15)21-9-11-5-3-4-6-12(11)18(20)26/h3-8,10H,9H2,1-2H3,(H2,20,26)(H2,21,22,23). The van der Waals surface area contributed by atoms with E-state index < -0.39 is 5.91 Å². The van der Waals surface area contributed by atoms with E-state index >= 15 is 0 Å². The van der Waals surface area contributed by atoms with Crippen LogP contribution < -0.4 is 21.1 Å². The lowest BCUT2D eigenvalue weighted by Crippen LogP contribution is -2.15. The number of amides is 1. The van der Waals surface area contributed by atoms with Crippen LogP contribution in [0.3, 0.4) is 0 Å². The summed E-state index contributed by atoms with van der Waals surface area (Å²) >= 11 is 6.24. The predicted molar refractivity (Wildman–Crippen MR) is 105 cm³/mol. The summed E-state index contributed by atoms with van der Waals surface area (Å²) < 4.78 is 6.75. The van der Waals surface area contributed by atoms with Crippen LogP contribution >= 0.6 is 11.6 Å². The topological polar surface area (TPSA) is 107 Å². The first-order valence-electron chi connectivity index (χ1n) is 8.10. The van der Waals surface area contributed by atoms with E-state index in [0.717, 1.165) is 5.56 Å². The highest BCUT2D eigenvalue weighted by Gasteiger charge is 2.10. The molecule has 9 heteroatoms. The first-order chi connectivity index (χ1) is 13.0. The Morgan fingerprint density at radius 2 is 2.11 bits per heavy atom. The maximum Gasteiger partial charge on any atom is 0.249 e. The normalized spacial score (nSPS) is 10.5. The molecular weight excluding hydrogens is 368 g/mol. The van der Waals surface area contributed by atoms with Gasteiger partial charge in [-0.3, -0.25) is 4.79 Å². The minimum absolute atomic E-state index is 0.391. The maximum absolute atomic E-state index is 11.5. The highest BCUT2D eigenvalue weighted by molar-refractivity contribution is 6.33. The van der Waals surface area contributed by atoms with Crippen molar-refractivity contribution in [1.82, 2.24) is 14.8 Å². The molecule has 0 aliphatic carbocycles. The molecule has 0 bridgehead atoms. The molecule has 8 nitrogen and oxygen atoms in total. The van der Waals surface area contributed by atoms with Gasteiger partial charge in [0.15, 0.2) is 0 Å². The molecule has 27 heavy (non-hydrogen) atoms. The number of aromatic nitrogens is 3. The van der Waals surface area contributed by atoms with Gasteiger partial charge in [0.05, 0.1) is 24.0 Å². The van der Waals surface area contributed by atoms with E-state index in [1.54, 1.807) is 49.3 Å². The second kappa shape index (κ2) is 7.96. The van der Waals surface area contributed by atoms with Crippen molar-refractivity contribution in [1.29, 1.82) is 0 Å². The number of pyridine rings is 1. The highest BCUT2D eigenvalue weighted by Crippen LogP contribution is 2.27. The van der Waals surface area contributed by atoms with Gasteiger partial charge in [-0.2, -0.15) is 0 Å². The van der Waals surface area contributed by atoms with Gasteiger partial charge in [-0.15, -0.1) is 5.10 Å². The van der Waals surface area contributed by atoms with E-state index in [1.165, 1.54) is 0 Å². The molecule has 1 amide bonds. The number of carbonyl (C=O) groups is 1. The summed E-state index contributed by atoms with van der Waals surface area (Å²) in [7, 11) is 3.35. The van der Waals surface area contributed by atoms with Gasteiger partial charge in [0.25, 0.3) is 0 Å². The number of nitrogens with one attached hydrogen (secondary N) is 2. The fourth-order valence-electron chi connectivity index (χ4n) is 2.54. The minimum atomic E-state index is -0.472. The quantitative estimate of drug-likeness (QED) is 0.576. The summed E-state index contributed by atoms with van der Waals surface area (Å²) in [5.74, 6) is 1.32. The van der Waals surface area contributed by atoms with Crippen molar-refractivity contribution in [2.45, 2.75) is 6.54 Å². The van der Waals surface area contributed by atoms with Crippen LogP contribution in [-0.4, -0.2) is 27.8 Å². The van der Waals surface area contributed by atoms with Crippen molar-refractivity contribution < 1.29 is 9.53 Å². The summed E-state index contributed by atoms with van der Waals surface area (Å²) in [6, 6.07) is 10.7. The molecule has 0 saturated carbocycles. The molecule has 1 aromatic carbocycles. The molecule has 140 valence electrons. The van der Waals surface area contributed by atoms with Crippen molar-refractivity contribution in [2.24, 2.45) is 12.8 Å². The number of benzene rings is 1. The number of ether oxygens (including phenoxy) is 1. The van der Waals surface area contributed by atoms with Crippen LogP contribution in [0.4, 0.5) is 17.3 Å². The van der Waals surface area contributed by atoms with Crippen molar-refractivity contribution in [3.05, 3.63) is 58.7 Å². The van der Waals surface area contributed by atoms with E-state index in [-0.39, 0.29) is 0 Å². The number of aryl methyl sites for hydroxylation is 1. The number of rotatable bonds is 7. The zero-order chi connectivity index (χ0) is 19.4. The number of halogens is 1. The van der Waals surface area contributed by atoms with Gasteiger partial charge in [-0.1, -0.05) is 29.8 Å². The molecule has 3 rings (SSSR count). The van der Waals surface area contributed by atoms with Gasteiger partial charge in [-0.25, -0.2) is 9.67 Å². The number of methoxy groups -OCH3 is 1. The number of hydrogen-bond acceptors (Lipinski definition) is 6. The summed E-state index contributed by atoms with van der Waals surface area (Å²) in [5.41, 5.74) is 7.34. The van der Waals surface area contributed by atoms with E-state index in [2.05, 4.69) is 20.7 Å². The third-order valence-electron chi connectivity index (χ3n) is 3.93. The number of nitrogens with zero attached hydrogens (tertiary/aromatic N) is 3. The predicted octanol–water partition coefficient (Wildman–Crippen LogP) is 2.93. The second-order valence-electron chi connectivity index (χ2n) is 5.74. The number of anilines is 3. The third kappa shape index (κ3) is 4.29. The maximum atomic E-state index is 11.5. The fraction of sp³-hybridized carbons (Fsp3) is 0.167. The lowest BCUT2D eigenvalue weighted by atomic mass is 10.1. The zero-order valence-electron chi connectivity index (χ0n) is 14.9. The molecule has 2 aromatic heterocycles. The lowest BCUT2D eigenvalue weighted by molar-refractivity contribution is 0.0999. The molecular formula is C18H19ClN6O2. The number of carbonyl (C=O) groups excluding carboxylic acids is 1. The van der Waals surface area contributed by atoms with Crippen molar-refractivity contribution in [2.75, 3.05) is 17.7 Å². The van der Waals surface area contributed by atoms with Gasteiger partial charge in [0, 0.05) is 31.3 Å². The van der Waals surface area contributed by atoms with Crippen molar-refractivity contribution >= 4 is 34.8 Å². The number of hydrogen-bond donors (Lipinski definition) is 3. The van der Waals surface area contributed by atoms with Crippen molar-refractivity contribution in [3.8, 4) is 5.88 Å². The largest absolute Gasteiger partial charge is 0.480 e. The second-order valence-corrected chi connectivity index (χ2v) is 6.15. The monoisotopic (exact) mass is 386 g/mol. The molecule has 0 radical (unpaired) electrons. The van der Waals surface area contributed by atoms with E-state index in [9.17, 15) is 4.79 Å². The Kier molecular flexibility index (Phi) is 5.46. The molecule has 0 spiro atoms. The Bertz CT molecular complexity index is 972. The summed E-state index contributed by atoms with van der Waals surface area (Å²) in [6.45, 7) is 0.391. The zero-order valence-corrected chi connectivity index (χ0v) is 15.6. The van der Waals surface area contributed by atoms with Gasteiger partial charge >= 0.3 is 0 Å². The lowest BCUT2D eigenvalue weighted by Gasteiger charge is -2.12. The van der Waals surface area contributed by atoms with E-state index in [0.29, 0.717) is 40.3 Å². The van der Waals surface area contributed by atoms with Gasteiger partial charge in [0.2, 0.25) is 11.8 Å². The molecule has 0 atom stereocenters. The highest BCUT2D eigenvalue weighted by atomic mass is 35.5. The number of primary amides is 1. The molecule has 0 saturated heterocycles. The SMILES string of the molecule is COc1cc(Nc2cc(NCc3ccccc3C(N)=O)c(Cl)cn2)n(C)n1. The Morgan fingerprint density at radius 3 is 2.81 bits per heavy atom. The van der Waals surface area contributed by atoms with Crippen LogP contribution in [-0.2, 0) is 13.6 Å². The first kappa shape index (κ1) is 18.5. The molecule has 0 fully saturated rings. The summed E-state index contributed by atoms with van der Waals surface area (Å²) in [5, 5.41) is 11.0. The van der Waals surface area contributed by atoms with Crippen LogP contribution in [0, 0.1) is 0 Å². The van der Waals surface area contributed by atoms with Crippen LogP contribution in [0.15, 0.2) is 42.6 Å². The number of nitrogens with two attached hydrogens (primary N) is 1. The Balaban J connectivity index is 1.78. The molecule has 0 aliphatic rings. The van der Waals surface area contributed by atoms with Crippen LogP contribution in [0.1, 0.15) is 15.9 Å². The Labute approximate surface area is 161 Å². The molecule has 0 unspecified atom stereocenters. The Morgan fingerprint density at radius 1 is 1.33 bits per heavy atom. The minimum Gasteiger partial charge on any atom is -0.480 e. The average molecular weight is 387 g/mol. The molecule has 0 aliphatic heterocycles. The fourth-order valence-corrected chi connectivity index (χ4v) is 2.71. The van der Waals surface area contributed by atoms with Crippen LogP contribution in [0.5, 0.6) is 5.88 Å². The first-order valence-corrected chi connectivity index (χ1v) is 8.48. The van der Waals surface area contributed by atoms with Gasteiger partial charge in [0.1, 0.15) is 11.6 Å². The third-order valence-corrected chi connectivity index (χ3v) is 4.23. The van der Waals surface area contributed by atoms with E-state index in [1.807, 2.05) is 12.1 Å². The summed E-state index contributed by atoms with van der Waals surface area (Å²) in [6.07, 6.45) is 1.54. The van der Waals surface area contributed by atoms with Crippen LogP contribution in [0.25, 0.3) is 0 Å². The van der Waals surface area contributed by atoms with Gasteiger partial charge < -0.3 is 21.1 Å². The molecule has 4 N–H and O–H groups in total. The molecule has 2 heterocycles. The van der Waals surface area contributed by atoms with Crippen molar-refractivity contribution in [3.63, 3.8) is 0 Å². The Hall–Kier alpha value is -3.26. The smallest absolute Gasteiger partial charge is 0.249 e.